The van der Waals surface area contributed by atoms with E-state index >= 15 is 0 Å². The van der Waals surface area contributed by atoms with Gasteiger partial charge in [0.05, 0.1) is 13.0 Å². The van der Waals surface area contributed by atoms with Gasteiger partial charge in [-0.2, -0.15) is 0 Å². The van der Waals surface area contributed by atoms with E-state index in [1.165, 1.54) is 11.1 Å². The fourth-order valence-corrected chi connectivity index (χ4v) is 4.89. The maximum Gasteiger partial charge on any atom is 0.225 e. The standard InChI is InChI=1S/C28H37N3O3/c1-28(2,31-18-14-22-8-6-7-9-24(22)20-31)21-29-27(33)23-12-16-30(17-13-23)26(32)15-19-34-25-10-4-3-5-11-25/h3-11,23H,12-21H2,1-2H3,(H,29,33). The summed E-state index contributed by atoms with van der Waals surface area (Å²) >= 11 is 0. The molecule has 0 saturated carbocycles. The van der Waals surface area contributed by atoms with Crippen molar-refractivity contribution < 1.29 is 14.3 Å². The first-order valence-corrected chi connectivity index (χ1v) is 12.5. The lowest BCUT2D eigenvalue weighted by molar-refractivity contribution is -0.136. The predicted octanol–water partition coefficient (Wildman–Crippen LogP) is 3.65. The molecule has 6 heteroatoms. The van der Waals surface area contributed by atoms with Crippen molar-refractivity contribution >= 4 is 11.8 Å². The van der Waals surface area contributed by atoms with Crippen LogP contribution in [0.25, 0.3) is 0 Å². The molecule has 2 aliphatic heterocycles. The molecule has 2 aliphatic rings. The molecule has 2 amide bonds. The van der Waals surface area contributed by atoms with Crippen molar-refractivity contribution in [3.8, 4) is 5.75 Å². The van der Waals surface area contributed by atoms with E-state index in [1.807, 2.05) is 35.2 Å². The van der Waals surface area contributed by atoms with Crippen molar-refractivity contribution in [2.24, 2.45) is 5.92 Å². The van der Waals surface area contributed by atoms with Crippen molar-refractivity contribution in [2.45, 2.75) is 51.6 Å². The second kappa shape index (κ2) is 11.0. The summed E-state index contributed by atoms with van der Waals surface area (Å²) < 4.78 is 5.64. The Kier molecular flexibility index (Phi) is 7.88. The number of piperidine rings is 1. The Hall–Kier alpha value is -2.86. The lowest BCUT2D eigenvalue weighted by Gasteiger charge is -2.42. The number of benzene rings is 2. The van der Waals surface area contributed by atoms with E-state index in [-0.39, 0.29) is 23.3 Å². The van der Waals surface area contributed by atoms with Crippen LogP contribution in [0.2, 0.25) is 0 Å². The first-order valence-electron chi connectivity index (χ1n) is 12.5. The molecule has 6 nitrogen and oxygen atoms in total. The summed E-state index contributed by atoms with van der Waals surface area (Å²) in [6, 6.07) is 18.2. The molecule has 1 saturated heterocycles. The Morgan fingerprint density at radius 3 is 2.38 bits per heavy atom. The Labute approximate surface area is 203 Å². The molecule has 182 valence electrons. The van der Waals surface area contributed by atoms with Crippen molar-refractivity contribution in [1.29, 1.82) is 0 Å². The van der Waals surface area contributed by atoms with E-state index in [4.69, 9.17) is 4.74 Å². The zero-order valence-corrected chi connectivity index (χ0v) is 20.5. The quantitative estimate of drug-likeness (QED) is 0.649. The van der Waals surface area contributed by atoms with Gasteiger partial charge in [0.1, 0.15) is 5.75 Å². The number of carbonyl (C=O) groups excluding carboxylic acids is 2. The summed E-state index contributed by atoms with van der Waals surface area (Å²) in [5, 5.41) is 3.21. The van der Waals surface area contributed by atoms with Gasteiger partial charge in [0.2, 0.25) is 11.8 Å². The van der Waals surface area contributed by atoms with Gasteiger partial charge in [0.25, 0.3) is 0 Å². The second-order valence-corrected chi connectivity index (χ2v) is 10.0. The first kappa shape index (κ1) is 24.3. The molecule has 0 aromatic heterocycles. The summed E-state index contributed by atoms with van der Waals surface area (Å²) in [6.07, 6.45) is 2.85. The molecule has 2 aromatic rings. The van der Waals surface area contributed by atoms with Crippen LogP contribution in [0.1, 0.15) is 44.2 Å². The first-order chi connectivity index (χ1) is 16.4. The van der Waals surface area contributed by atoms with Gasteiger partial charge < -0.3 is 15.0 Å². The zero-order chi connectivity index (χ0) is 24.0. The minimum Gasteiger partial charge on any atom is -0.493 e. The highest BCUT2D eigenvalue weighted by molar-refractivity contribution is 5.80. The van der Waals surface area contributed by atoms with Gasteiger partial charge in [-0.15, -0.1) is 0 Å². The SMILES string of the molecule is CC(C)(CNC(=O)C1CCN(C(=O)CCOc2ccccc2)CC1)N1CCc2ccccc2C1. The summed E-state index contributed by atoms with van der Waals surface area (Å²) in [4.78, 5) is 29.7. The Bertz CT molecular complexity index is 968. The van der Waals surface area contributed by atoms with E-state index in [1.54, 1.807) is 0 Å². The van der Waals surface area contributed by atoms with E-state index in [9.17, 15) is 9.59 Å². The number of nitrogens with one attached hydrogen (secondary N) is 1. The molecule has 1 fully saturated rings. The summed E-state index contributed by atoms with van der Waals surface area (Å²) in [7, 11) is 0. The summed E-state index contributed by atoms with van der Waals surface area (Å²) in [5.74, 6) is 0.969. The normalized spacial score (nSPS) is 17.2. The van der Waals surface area contributed by atoms with Crippen LogP contribution in [0.4, 0.5) is 0 Å². The maximum atomic E-state index is 12.9. The Morgan fingerprint density at radius 2 is 1.65 bits per heavy atom. The molecule has 1 N–H and O–H groups in total. The smallest absolute Gasteiger partial charge is 0.225 e. The van der Waals surface area contributed by atoms with Crippen LogP contribution >= 0.6 is 0 Å². The molecular formula is C28H37N3O3. The highest BCUT2D eigenvalue weighted by atomic mass is 16.5. The molecule has 2 heterocycles. The van der Waals surface area contributed by atoms with Gasteiger partial charge in [0.15, 0.2) is 0 Å². The van der Waals surface area contributed by atoms with Gasteiger partial charge >= 0.3 is 0 Å². The molecule has 34 heavy (non-hydrogen) atoms. The number of para-hydroxylation sites is 1. The van der Waals surface area contributed by atoms with Gasteiger partial charge in [-0.05, 0) is 56.4 Å². The third-order valence-corrected chi connectivity index (χ3v) is 7.23. The van der Waals surface area contributed by atoms with Crippen LogP contribution < -0.4 is 10.1 Å². The van der Waals surface area contributed by atoms with E-state index in [0.29, 0.717) is 45.5 Å². The number of fused-ring (bicyclic) bond motifs is 1. The molecule has 0 unspecified atom stereocenters. The van der Waals surface area contributed by atoms with Gasteiger partial charge in [-0.25, -0.2) is 0 Å². The van der Waals surface area contributed by atoms with Crippen LogP contribution in [0.15, 0.2) is 54.6 Å². The lowest BCUT2D eigenvalue weighted by atomic mass is 9.93. The number of carbonyl (C=O) groups is 2. The maximum absolute atomic E-state index is 12.9. The highest BCUT2D eigenvalue weighted by Crippen LogP contribution is 2.25. The molecule has 0 spiro atoms. The number of ether oxygens (including phenoxy) is 1. The van der Waals surface area contributed by atoms with Crippen molar-refractivity contribution in [1.82, 2.24) is 15.1 Å². The molecule has 0 radical (unpaired) electrons. The van der Waals surface area contributed by atoms with Crippen LogP contribution in [0.3, 0.4) is 0 Å². The highest BCUT2D eigenvalue weighted by Gasteiger charge is 2.32. The average molecular weight is 464 g/mol. The number of amides is 2. The third-order valence-electron chi connectivity index (χ3n) is 7.23. The van der Waals surface area contributed by atoms with Crippen LogP contribution in [0, 0.1) is 5.92 Å². The Balaban J connectivity index is 1.17. The number of hydrogen-bond donors (Lipinski definition) is 1. The van der Waals surface area contributed by atoms with Crippen LogP contribution in [0.5, 0.6) is 5.75 Å². The molecule has 2 aromatic carbocycles. The van der Waals surface area contributed by atoms with E-state index in [2.05, 4.69) is 48.3 Å². The minimum absolute atomic E-state index is 0.0255. The number of nitrogens with zero attached hydrogens (tertiary/aromatic N) is 2. The Morgan fingerprint density at radius 1 is 0.971 bits per heavy atom. The van der Waals surface area contributed by atoms with Crippen LogP contribution in [-0.2, 0) is 22.6 Å². The largest absolute Gasteiger partial charge is 0.493 e. The third kappa shape index (κ3) is 6.17. The van der Waals surface area contributed by atoms with E-state index < -0.39 is 0 Å². The van der Waals surface area contributed by atoms with Crippen LogP contribution in [-0.4, -0.2) is 59.9 Å². The monoisotopic (exact) mass is 463 g/mol. The fraction of sp³-hybridized carbons (Fsp3) is 0.500. The topological polar surface area (TPSA) is 61.9 Å². The average Bonchev–Trinajstić information content (AvgIpc) is 2.87. The summed E-state index contributed by atoms with van der Waals surface area (Å²) in [6.45, 7) is 8.62. The van der Waals surface area contributed by atoms with Crippen molar-refractivity contribution in [3.05, 3.63) is 65.7 Å². The molecular weight excluding hydrogens is 426 g/mol. The van der Waals surface area contributed by atoms with Crippen molar-refractivity contribution in [2.75, 3.05) is 32.8 Å². The minimum atomic E-state index is -0.112. The van der Waals surface area contributed by atoms with E-state index in [0.717, 1.165) is 25.3 Å². The lowest BCUT2D eigenvalue weighted by Crippen LogP contribution is -2.54. The number of hydrogen-bond acceptors (Lipinski definition) is 4. The number of likely N-dealkylation sites (tertiary alicyclic amines) is 1. The summed E-state index contributed by atoms with van der Waals surface area (Å²) in [5.41, 5.74) is 2.71. The molecule has 4 rings (SSSR count). The van der Waals surface area contributed by atoms with Gasteiger partial charge in [0, 0.05) is 44.2 Å². The molecule has 0 atom stereocenters. The van der Waals surface area contributed by atoms with Gasteiger partial charge in [-0.3, -0.25) is 14.5 Å². The molecule has 0 aliphatic carbocycles. The predicted molar refractivity (Wildman–Crippen MR) is 134 cm³/mol. The number of rotatable bonds is 8. The molecule has 0 bridgehead atoms. The fourth-order valence-electron chi connectivity index (χ4n) is 4.89. The van der Waals surface area contributed by atoms with Crippen molar-refractivity contribution in [3.63, 3.8) is 0 Å². The second-order valence-electron chi connectivity index (χ2n) is 10.0. The zero-order valence-electron chi connectivity index (χ0n) is 20.5. The van der Waals surface area contributed by atoms with Gasteiger partial charge in [-0.1, -0.05) is 42.5 Å².